The number of amides is 1. The van der Waals surface area contributed by atoms with Crippen LogP contribution in [0.3, 0.4) is 0 Å². The number of carbonyl (C=O) groups excluding carboxylic acids is 1. The number of nitrogens with two attached hydrogens (primary N) is 1. The summed E-state index contributed by atoms with van der Waals surface area (Å²) >= 11 is 0. The highest BCUT2D eigenvalue weighted by Crippen LogP contribution is 2.26. The molecule has 0 aromatic heterocycles. The summed E-state index contributed by atoms with van der Waals surface area (Å²) in [6.07, 6.45) is 3.28. The summed E-state index contributed by atoms with van der Waals surface area (Å²) in [5, 5.41) is 3.06. The van der Waals surface area contributed by atoms with E-state index in [0.717, 1.165) is 5.56 Å². The first-order valence-corrected chi connectivity index (χ1v) is 7.85. The number of carbonyl (C=O) groups is 1. The molecule has 0 bridgehead atoms. The Balaban J connectivity index is 1.79. The van der Waals surface area contributed by atoms with Crippen molar-refractivity contribution in [3.05, 3.63) is 35.9 Å². The van der Waals surface area contributed by atoms with Crippen LogP contribution in [-0.2, 0) is 11.2 Å². The van der Waals surface area contributed by atoms with E-state index >= 15 is 0 Å². The number of nitrogens with zero attached hydrogens (tertiary/aromatic N) is 1. The van der Waals surface area contributed by atoms with E-state index in [1.807, 2.05) is 30.3 Å². The van der Waals surface area contributed by atoms with Crippen LogP contribution in [0.25, 0.3) is 0 Å². The number of nitrogens with one attached hydrogen (secondary N) is 1. The zero-order valence-electron chi connectivity index (χ0n) is 13.1. The normalized spacial score (nSPS) is 17.5. The minimum atomic E-state index is -0.147. The van der Waals surface area contributed by atoms with Crippen LogP contribution < -0.4 is 11.1 Å². The molecule has 0 saturated heterocycles. The lowest BCUT2D eigenvalue weighted by molar-refractivity contribution is -0.124. The summed E-state index contributed by atoms with van der Waals surface area (Å²) in [4.78, 5) is 14.6. The Kier molecular flexibility index (Phi) is 5.76. The van der Waals surface area contributed by atoms with E-state index in [1.165, 1.54) is 12.8 Å². The van der Waals surface area contributed by atoms with Crippen molar-refractivity contribution in [2.75, 3.05) is 20.1 Å². The van der Waals surface area contributed by atoms with Crippen molar-refractivity contribution < 1.29 is 4.79 Å². The molecule has 2 unspecified atom stereocenters. The number of likely N-dealkylation sites (N-methyl/N-ethyl adjacent to an activating group) is 1. The average Bonchev–Trinajstić information content (AvgIpc) is 3.35. The minimum absolute atomic E-state index is 0.0670. The lowest BCUT2D eigenvalue weighted by atomic mass is 9.98. The predicted molar refractivity (Wildman–Crippen MR) is 85.9 cm³/mol. The molecule has 2 atom stereocenters. The molecule has 1 saturated carbocycles. The second kappa shape index (κ2) is 7.57. The van der Waals surface area contributed by atoms with Crippen molar-refractivity contribution in [1.82, 2.24) is 10.2 Å². The van der Waals surface area contributed by atoms with Gasteiger partial charge in [0.25, 0.3) is 0 Å². The highest BCUT2D eigenvalue weighted by atomic mass is 16.1. The third-order valence-electron chi connectivity index (χ3n) is 4.37. The van der Waals surface area contributed by atoms with E-state index in [4.69, 9.17) is 5.73 Å². The first kappa shape index (κ1) is 16.0. The van der Waals surface area contributed by atoms with Gasteiger partial charge in [0.05, 0.1) is 5.92 Å². The van der Waals surface area contributed by atoms with Crippen LogP contribution in [0, 0.1) is 5.92 Å². The Bertz CT molecular complexity index is 445. The van der Waals surface area contributed by atoms with E-state index in [9.17, 15) is 4.79 Å². The molecule has 21 heavy (non-hydrogen) atoms. The van der Waals surface area contributed by atoms with Crippen molar-refractivity contribution in [1.29, 1.82) is 0 Å². The number of rotatable bonds is 8. The van der Waals surface area contributed by atoms with Crippen molar-refractivity contribution in [3.63, 3.8) is 0 Å². The molecule has 0 aliphatic heterocycles. The SMILES string of the molecule is CC(CNC(=O)C(CN)Cc1ccccc1)N(C)C1CC1. The second-order valence-corrected chi connectivity index (χ2v) is 6.11. The lowest BCUT2D eigenvalue weighted by Crippen LogP contribution is -2.44. The Labute approximate surface area is 127 Å². The van der Waals surface area contributed by atoms with Crippen LogP contribution in [-0.4, -0.2) is 43.0 Å². The van der Waals surface area contributed by atoms with Crippen LogP contribution >= 0.6 is 0 Å². The first-order valence-electron chi connectivity index (χ1n) is 7.85. The maximum absolute atomic E-state index is 12.3. The quantitative estimate of drug-likeness (QED) is 0.760. The number of hydrogen-bond acceptors (Lipinski definition) is 3. The summed E-state index contributed by atoms with van der Waals surface area (Å²) in [5.41, 5.74) is 6.93. The molecule has 1 aromatic carbocycles. The lowest BCUT2D eigenvalue weighted by Gasteiger charge is -2.25. The Morgan fingerprint density at radius 2 is 2.05 bits per heavy atom. The summed E-state index contributed by atoms with van der Waals surface area (Å²) in [7, 11) is 2.14. The van der Waals surface area contributed by atoms with E-state index in [1.54, 1.807) is 0 Å². The molecule has 1 amide bonds. The molecular weight excluding hydrogens is 262 g/mol. The van der Waals surface area contributed by atoms with Crippen molar-refractivity contribution in [2.24, 2.45) is 11.7 Å². The zero-order chi connectivity index (χ0) is 15.2. The largest absolute Gasteiger partial charge is 0.354 e. The van der Waals surface area contributed by atoms with Gasteiger partial charge in [-0.05, 0) is 38.8 Å². The molecule has 1 fully saturated rings. The number of benzene rings is 1. The van der Waals surface area contributed by atoms with Gasteiger partial charge in [-0.25, -0.2) is 0 Å². The molecule has 1 aliphatic rings. The fraction of sp³-hybridized carbons (Fsp3) is 0.588. The summed E-state index contributed by atoms with van der Waals surface area (Å²) in [6.45, 7) is 3.23. The first-order chi connectivity index (χ1) is 10.1. The van der Waals surface area contributed by atoms with Crippen molar-refractivity contribution in [2.45, 2.75) is 38.3 Å². The Morgan fingerprint density at radius 3 is 2.62 bits per heavy atom. The summed E-state index contributed by atoms with van der Waals surface area (Å²) in [5.74, 6) is -0.0803. The summed E-state index contributed by atoms with van der Waals surface area (Å²) in [6, 6.07) is 11.1. The minimum Gasteiger partial charge on any atom is -0.354 e. The topological polar surface area (TPSA) is 58.4 Å². The average molecular weight is 289 g/mol. The van der Waals surface area contributed by atoms with E-state index in [0.29, 0.717) is 31.6 Å². The van der Waals surface area contributed by atoms with Crippen molar-refractivity contribution in [3.8, 4) is 0 Å². The molecule has 116 valence electrons. The fourth-order valence-electron chi connectivity index (χ4n) is 2.56. The van der Waals surface area contributed by atoms with Gasteiger partial charge in [-0.2, -0.15) is 0 Å². The van der Waals surface area contributed by atoms with Gasteiger partial charge in [-0.15, -0.1) is 0 Å². The zero-order valence-corrected chi connectivity index (χ0v) is 13.1. The van der Waals surface area contributed by atoms with Gasteiger partial charge in [0.2, 0.25) is 5.91 Å². The van der Waals surface area contributed by atoms with Crippen LogP contribution in [0.4, 0.5) is 0 Å². The van der Waals surface area contributed by atoms with Gasteiger partial charge in [-0.1, -0.05) is 30.3 Å². The van der Waals surface area contributed by atoms with Gasteiger partial charge in [-0.3, -0.25) is 9.69 Å². The Hall–Kier alpha value is -1.39. The second-order valence-electron chi connectivity index (χ2n) is 6.11. The van der Waals surface area contributed by atoms with E-state index in [2.05, 4.69) is 24.2 Å². The molecule has 4 heteroatoms. The molecule has 3 N–H and O–H groups in total. The van der Waals surface area contributed by atoms with Crippen LogP contribution in [0.1, 0.15) is 25.3 Å². The smallest absolute Gasteiger partial charge is 0.224 e. The molecule has 4 nitrogen and oxygen atoms in total. The van der Waals surface area contributed by atoms with Gasteiger partial charge in [0, 0.05) is 25.2 Å². The molecule has 1 aromatic rings. The van der Waals surface area contributed by atoms with Crippen LogP contribution in [0.15, 0.2) is 30.3 Å². The molecular formula is C17H27N3O. The van der Waals surface area contributed by atoms with Crippen LogP contribution in [0.2, 0.25) is 0 Å². The van der Waals surface area contributed by atoms with Gasteiger partial charge >= 0.3 is 0 Å². The molecule has 2 rings (SSSR count). The van der Waals surface area contributed by atoms with E-state index in [-0.39, 0.29) is 11.8 Å². The number of hydrogen-bond donors (Lipinski definition) is 2. The monoisotopic (exact) mass is 289 g/mol. The molecule has 1 aliphatic carbocycles. The van der Waals surface area contributed by atoms with Crippen molar-refractivity contribution >= 4 is 5.91 Å². The van der Waals surface area contributed by atoms with Gasteiger partial charge in [0.15, 0.2) is 0 Å². The maximum atomic E-state index is 12.3. The third kappa shape index (κ3) is 4.83. The third-order valence-corrected chi connectivity index (χ3v) is 4.37. The standard InChI is InChI=1S/C17H27N3O/c1-13(20(2)16-8-9-16)12-19-17(21)15(11-18)10-14-6-4-3-5-7-14/h3-7,13,15-16H,8-12,18H2,1-2H3,(H,19,21). The van der Waals surface area contributed by atoms with Gasteiger partial charge < -0.3 is 11.1 Å². The molecule has 0 heterocycles. The summed E-state index contributed by atoms with van der Waals surface area (Å²) < 4.78 is 0. The molecule has 0 radical (unpaired) electrons. The predicted octanol–water partition coefficient (Wildman–Crippen LogP) is 1.40. The molecule has 0 spiro atoms. The maximum Gasteiger partial charge on any atom is 0.224 e. The van der Waals surface area contributed by atoms with E-state index < -0.39 is 0 Å². The highest BCUT2D eigenvalue weighted by molar-refractivity contribution is 5.79. The fourth-order valence-corrected chi connectivity index (χ4v) is 2.56. The van der Waals surface area contributed by atoms with Gasteiger partial charge in [0.1, 0.15) is 0 Å². The Morgan fingerprint density at radius 1 is 1.38 bits per heavy atom. The van der Waals surface area contributed by atoms with Crippen LogP contribution in [0.5, 0.6) is 0 Å². The highest BCUT2D eigenvalue weighted by Gasteiger charge is 2.29.